The van der Waals surface area contributed by atoms with Gasteiger partial charge in [0.25, 0.3) is 0 Å². The summed E-state index contributed by atoms with van der Waals surface area (Å²) >= 11 is 0. The summed E-state index contributed by atoms with van der Waals surface area (Å²) in [5.41, 5.74) is 5.68. The van der Waals surface area contributed by atoms with Crippen molar-refractivity contribution in [1.29, 1.82) is 0 Å². The third-order valence-corrected chi connectivity index (χ3v) is 2.33. The van der Waals surface area contributed by atoms with E-state index in [1.807, 2.05) is 19.1 Å². The van der Waals surface area contributed by atoms with E-state index in [9.17, 15) is 0 Å². The number of nitrogens with two attached hydrogens (primary N) is 1. The maximum atomic E-state index is 5.56. The highest BCUT2D eigenvalue weighted by Crippen LogP contribution is 2.19. The fraction of sp³-hybridized carbons (Fsp3) is 0.182. The van der Waals surface area contributed by atoms with Gasteiger partial charge >= 0.3 is 0 Å². The van der Waals surface area contributed by atoms with E-state index in [4.69, 9.17) is 5.84 Å². The van der Waals surface area contributed by atoms with Gasteiger partial charge in [0, 0.05) is 29.8 Å². The molecule has 0 aliphatic rings. The standard InChI is InChI=1S/C11H13N5/c1-8-4-9(2-3-15-8)11(16-12)10-5-13-7-14-6-10/h2-7,11,16H,12H2,1H3. The summed E-state index contributed by atoms with van der Waals surface area (Å²) in [7, 11) is 0. The number of pyridine rings is 1. The molecule has 3 N–H and O–H groups in total. The Hall–Kier alpha value is -1.85. The Kier molecular flexibility index (Phi) is 3.19. The third kappa shape index (κ3) is 2.21. The second-order valence-electron chi connectivity index (χ2n) is 3.50. The minimum atomic E-state index is -0.108. The molecule has 5 nitrogen and oxygen atoms in total. The van der Waals surface area contributed by atoms with Gasteiger partial charge in [-0.05, 0) is 24.6 Å². The topological polar surface area (TPSA) is 76.7 Å². The van der Waals surface area contributed by atoms with Gasteiger partial charge < -0.3 is 0 Å². The molecule has 2 aromatic rings. The lowest BCUT2D eigenvalue weighted by Crippen LogP contribution is -2.29. The van der Waals surface area contributed by atoms with Crippen LogP contribution in [0.2, 0.25) is 0 Å². The summed E-state index contributed by atoms with van der Waals surface area (Å²) in [5, 5.41) is 0. The molecule has 2 aromatic heterocycles. The summed E-state index contributed by atoms with van der Waals surface area (Å²) in [4.78, 5) is 12.1. The molecule has 1 unspecified atom stereocenters. The Morgan fingerprint density at radius 1 is 1.25 bits per heavy atom. The first-order valence-corrected chi connectivity index (χ1v) is 4.95. The van der Waals surface area contributed by atoms with Crippen LogP contribution >= 0.6 is 0 Å². The molecule has 0 amide bonds. The Bertz CT molecular complexity index is 457. The van der Waals surface area contributed by atoms with Crippen LogP contribution in [0, 0.1) is 6.92 Å². The predicted octanol–water partition coefficient (Wildman–Crippen LogP) is 0.733. The van der Waals surface area contributed by atoms with Crippen LogP contribution in [0.4, 0.5) is 0 Å². The number of aryl methyl sites for hydroxylation is 1. The molecule has 0 saturated heterocycles. The van der Waals surface area contributed by atoms with Gasteiger partial charge in [0.1, 0.15) is 6.33 Å². The summed E-state index contributed by atoms with van der Waals surface area (Å²) in [6.45, 7) is 1.94. The summed E-state index contributed by atoms with van der Waals surface area (Å²) in [5.74, 6) is 5.56. The van der Waals surface area contributed by atoms with E-state index in [0.29, 0.717) is 0 Å². The SMILES string of the molecule is Cc1cc(C(NN)c2cncnc2)ccn1. The lowest BCUT2D eigenvalue weighted by atomic mass is 10.0. The van der Waals surface area contributed by atoms with Crippen LogP contribution in [0.3, 0.4) is 0 Å². The first kappa shape index (κ1) is 10.7. The summed E-state index contributed by atoms with van der Waals surface area (Å²) < 4.78 is 0. The van der Waals surface area contributed by atoms with Crippen molar-refractivity contribution in [2.45, 2.75) is 13.0 Å². The summed E-state index contributed by atoms with van der Waals surface area (Å²) in [6.07, 6.45) is 6.74. The predicted molar refractivity (Wildman–Crippen MR) is 60.2 cm³/mol. The second kappa shape index (κ2) is 4.78. The van der Waals surface area contributed by atoms with Gasteiger partial charge in [0.2, 0.25) is 0 Å². The van der Waals surface area contributed by atoms with Gasteiger partial charge in [-0.2, -0.15) is 0 Å². The maximum Gasteiger partial charge on any atom is 0.115 e. The summed E-state index contributed by atoms with van der Waals surface area (Å²) in [6, 6.07) is 3.80. The molecule has 16 heavy (non-hydrogen) atoms. The molecule has 2 rings (SSSR count). The molecule has 5 heteroatoms. The fourth-order valence-electron chi connectivity index (χ4n) is 1.59. The third-order valence-electron chi connectivity index (χ3n) is 2.33. The molecule has 82 valence electrons. The Balaban J connectivity index is 2.37. The smallest absolute Gasteiger partial charge is 0.115 e. The quantitative estimate of drug-likeness (QED) is 0.583. The van der Waals surface area contributed by atoms with Crippen LogP contribution in [-0.2, 0) is 0 Å². The molecule has 2 heterocycles. The Morgan fingerprint density at radius 3 is 2.62 bits per heavy atom. The van der Waals surface area contributed by atoms with E-state index in [-0.39, 0.29) is 6.04 Å². The van der Waals surface area contributed by atoms with Gasteiger partial charge in [0.15, 0.2) is 0 Å². The fourth-order valence-corrected chi connectivity index (χ4v) is 1.59. The van der Waals surface area contributed by atoms with Crippen LogP contribution in [0.25, 0.3) is 0 Å². The maximum absolute atomic E-state index is 5.56. The molecule has 0 saturated carbocycles. The van der Waals surface area contributed by atoms with Crippen molar-refractivity contribution >= 4 is 0 Å². The number of hydrogen-bond acceptors (Lipinski definition) is 5. The molecule has 1 atom stereocenters. The van der Waals surface area contributed by atoms with E-state index in [1.165, 1.54) is 6.33 Å². The molecular formula is C11H13N5. The van der Waals surface area contributed by atoms with Gasteiger partial charge in [-0.1, -0.05) is 0 Å². The van der Waals surface area contributed by atoms with Gasteiger partial charge in [0.05, 0.1) is 6.04 Å². The lowest BCUT2D eigenvalue weighted by Gasteiger charge is -2.15. The molecule has 0 spiro atoms. The van der Waals surface area contributed by atoms with E-state index in [1.54, 1.807) is 18.6 Å². The van der Waals surface area contributed by atoms with Crippen LogP contribution in [0.5, 0.6) is 0 Å². The molecule has 0 bridgehead atoms. The van der Waals surface area contributed by atoms with E-state index >= 15 is 0 Å². The van der Waals surface area contributed by atoms with Crippen molar-refractivity contribution in [2.75, 3.05) is 0 Å². The van der Waals surface area contributed by atoms with Crippen LogP contribution in [0.15, 0.2) is 37.1 Å². The number of nitrogens with one attached hydrogen (secondary N) is 1. The lowest BCUT2D eigenvalue weighted by molar-refractivity contribution is 0.630. The van der Waals surface area contributed by atoms with Crippen molar-refractivity contribution in [3.8, 4) is 0 Å². The van der Waals surface area contributed by atoms with E-state index < -0.39 is 0 Å². The molecule has 0 aliphatic heterocycles. The number of nitrogens with zero attached hydrogens (tertiary/aromatic N) is 3. The van der Waals surface area contributed by atoms with Gasteiger partial charge in [-0.3, -0.25) is 10.8 Å². The average Bonchev–Trinajstić information content (AvgIpc) is 2.31. The number of hydrazine groups is 1. The van der Waals surface area contributed by atoms with Crippen LogP contribution in [-0.4, -0.2) is 15.0 Å². The highest BCUT2D eigenvalue weighted by molar-refractivity contribution is 5.28. The van der Waals surface area contributed by atoms with Crippen molar-refractivity contribution in [2.24, 2.45) is 5.84 Å². The molecule has 0 aliphatic carbocycles. The Labute approximate surface area is 93.7 Å². The zero-order valence-corrected chi connectivity index (χ0v) is 8.96. The first-order chi connectivity index (χ1) is 7.81. The number of rotatable bonds is 3. The Morgan fingerprint density at radius 2 is 2.00 bits per heavy atom. The van der Waals surface area contributed by atoms with Crippen LogP contribution < -0.4 is 11.3 Å². The van der Waals surface area contributed by atoms with Crippen molar-refractivity contribution < 1.29 is 0 Å². The number of aromatic nitrogens is 3. The first-order valence-electron chi connectivity index (χ1n) is 4.95. The zero-order chi connectivity index (χ0) is 11.4. The van der Waals surface area contributed by atoms with E-state index in [0.717, 1.165) is 16.8 Å². The molecule has 0 aromatic carbocycles. The van der Waals surface area contributed by atoms with Crippen LogP contribution in [0.1, 0.15) is 22.9 Å². The molecule has 0 radical (unpaired) electrons. The molecule has 0 fully saturated rings. The second-order valence-corrected chi connectivity index (χ2v) is 3.50. The molecular weight excluding hydrogens is 202 g/mol. The normalized spacial score (nSPS) is 12.4. The minimum absolute atomic E-state index is 0.108. The highest BCUT2D eigenvalue weighted by Gasteiger charge is 2.12. The van der Waals surface area contributed by atoms with Crippen molar-refractivity contribution in [3.05, 3.63) is 53.9 Å². The van der Waals surface area contributed by atoms with Crippen molar-refractivity contribution in [1.82, 2.24) is 20.4 Å². The highest BCUT2D eigenvalue weighted by atomic mass is 15.2. The van der Waals surface area contributed by atoms with Gasteiger partial charge in [-0.15, -0.1) is 0 Å². The largest absolute Gasteiger partial charge is 0.271 e. The average molecular weight is 215 g/mol. The van der Waals surface area contributed by atoms with Gasteiger partial charge in [-0.25, -0.2) is 15.4 Å². The van der Waals surface area contributed by atoms with Crippen molar-refractivity contribution in [3.63, 3.8) is 0 Å². The zero-order valence-electron chi connectivity index (χ0n) is 8.96. The minimum Gasteiger partial charge on any atom is -0.271 e. The van der Waals surface area contributed by atoms with E-state index in [2.05, 4.69) is 20.4 Å². The number of hydrogen-bond donors (Lipinski definition) is 2. The monoisotopic (exact) mass is 215 g/mol.